The van der Waals surface area contributed by atoms with E-state index in [4.69, 9.17) is 4.42 Å². The smallest absolute Gasteiger partial charge is 0.137 e. The van der Waals surface area contributed by atoms with Gasteiger partial charge in [-0.2, -0.15) is 0 Å². The highest BCUT2D eigenvalue weighted by atomic mass is 16.3. The predicted molar refractivity (Wildman–Crippen MR) is 167 cm³/mol. The number of hydrogen-bond acceptors (Lipinski definition) is 1. The molecule has 0 N–H and O–H groups in total. The summed E-state index contributed by atoms with van der Waals surface area (Å²) in [5.74, 6) is 0. The van der Waals surface area contributed by atoms with E-state index in [0.717, 1.165) is 27.6 Å². The van der Waals surface area contributed by atoms with Gasteiger partial charge in [0.25, 0.3) is 0 Å². The Labute approximate surface area is 230 Å². The molecule has 0 bridgehead atoms. The molecule has 9 aromatic rings. The van der Waals surface area contributed by atoms with Gasteiger partial charge < -0.3 is 13.6 Å². The maximum atomic E-state index is 6.24. The van der Waals surface area contributed by atoms with Crippen LogP contribution in [0.2, 0.25) is 0 Å². The van der Waals surface area contributed by atoms with Gasteiger partial charge in [0.2, 0.25) is 0 Å². The Hall–Kier alpha value is -5.28. The van der Waals surface area contributed by atoms with Crippen molar-refractivity contribution in [3.63, 3.8) is 0 Å². The van der Waals surface area contributed by atoms with Crippen molar-refractivity contribution in [1.29, 1.82) is 0 Å². The van der Waals surface area contributed by atoms with Crippen molar-refractivity contribution in [3.8, 4) is 16.8 Å². The van der Waals surface area contributed by atoms with Crippen LogP contribution in [0, 0.1) is 0 Å². The van der Waals surface area contributed by atoms with E-state index in [1.54, 1.807) is 0 Å². The maximum absolute atomic E-state index is 6.24. The molecule has 0 aliphatic carbocycles. The highest BCUT2D eigenvalue weighted by molar-refractivity contribution is 6.12. The summed E-state index contributed by atoms with van der Waals surface area (Å²) in [6.07, 6.45) is 0. The van der Waals surface area contributed by atoms with Crippen molar-refractivity contribution in [2.24, 2.45) is 7.05 Å². The van der Waals surface area contributed by atoms with Crippen LogP contribution < -0.4 is 0 Å². The Bertz CT molecular complexity index is 2450. The average molecular weight is 513 g/mol. The summed E-state index contributed by atoms with van der Waals surface area (Å²) in [4.78, 5) is 0. The third-order valence-electron chi connectivity index (χ3n) is 8.54. The summed E-state index contributed by atoms with van der Waals surface area (Å²) in [6.45, 7) is 0. The molecule has 9 rings (SSSR count). The normalized spacial score (nSPS) is 12.1. The molecule has 0 spiro atoms. The number of aryl methyl sites for hydroxylation is 1. The molecule has 0 atom stereocenters. The Kier molecular flexibility index (Phi) is 4.26. The molecule has 3 nitrogen and oxygen atoms in total. The first-order chi connectivity index (χ1) is 19.7. The van der Waals surface area contributed by atoms with Gasteiger partial charge >= 0.3 is 0 Å². The predicted octanol–water partition coefficient (Wildman–Crippen LogP) is 9.99. The fourth-order valence-electron chi connectivity index (χ4n) is 6.63. The molecule has 0 fully saturated rings. The number of rotatable bonds is 2. The zero-order chi connectivity index (χ0) is 26.4. The Morgan fingerprint density at radius 2 is 0.975 bits per heavy atom. The first-order valence-corrected chi connectivity index (χ1v) is 13.7. The number of aromatic nitrogens is 2. The molecule has 0 aliphatic heterocycles. The maximum Gasteiger partial charge on any atom is 0.137 e. The number of furan rings is 1. The van der Waals surface area contributed by atoms with E-state index in [2.05, 4.69) is 131 Å². The minimum Gasteiger partial charge on any atom is -0.456 e. The molecule has 0 saturated heterocycles. The van der Waals surface area contributed by atoms with Crippen molar-refractivity contribution in [2.75, 3.05) is 0 Å². The molecule has 6 aromatic carbocycles. The molecule has 0 saturated carbocycles. The van der Waals surface area contributed by atoms with E-state index in [1.807, 2.05) is 12.1 Å². The minimum atomic E-state index is 0.907. The average Bonchev–Trinajstić information content (AvgIpc) is 3.64. The lowest BCUT2D eigenvalue weighted by Crippen LogP contribution is -1.93. The van der Waals surface area contributed by atoms with E-state index >= 15 is 0 Å². The first-order valence-electron chi connectivity index (χ1n) is 13.7. The topological polar surface area (TPSA) is 23.0 Å². The fourth-order valence-corrected chi connectivity index (χ4v) is 6.63. The molecule has 0 radical (unpaired) electrons. The second-order valence-corrected chi connectivity index (χ2v) is 10.7. The molecular formula is C37H24N2O. The molecule has 40 heavy (non-hydrogen) atoms. The zero-order valence-corrected chi connectivity index (χ0v) is 21.9. The van der Waals surface area contributed by atoms with Gasteiger partial charge in [-0.1, -0.05) is 66.7 Å². The summed E-state index contributed by atoms with van der Waals surface area (Å²) >= 11 is 0. The summed E-state index contributed by atoms with van der Waals surface area (Å²) in [7, 11) is 2.15. The van der Waals surface area contributed by atoms with E-state index in [-0.39, 0.29) is 0 Å². The molecule has 0 aliphatic rings. The first kappa shape index (κ1) is 21.6. The lowest BCUT2D eigenvalue weighted by molar-refractivity contribution is 0.668. The lowest BCUT2D eigenvalue weighted by atomic mass is 10.0. The number of para-hydroxylation sites is 3. The van der Waals surface area contributed by atoms with Crippen molar-refractivity contribution < 1.29 is 4.42 Å². The monoisotopic (exact) mass is 512 g/mol. The standard InChI is InChI=1S/C37H24N2O/c1-38-32-11-5-2-8-26(32)30-20-23(14-18-33(30)38)24-15-19-35-31(21-24)27-9-3-6-12-34(27)39(35)25-16-17-29-28-10-4-7-13-36(28)40-37(29)22-25/h2-22H,1H3. The number of fused-ring (bicyclic) bond motifs is 9. The van der Waals surface area contributed by atoms with Crippen molar-refractivity contribution in [1.82, 2.24) is 9.13 Å². The Balaban J connectivity index is 1.26. The van der Waals surface area contributed by atoms with Gasteiger partial charge in [-0.25, -0.2) is 0 Å². The molecule has 3 heteroatoms. The molecular weight excluding hydrogens is 488 g/mol. The summed E-state index contributed by atoms with van der Waals surface area (Å²) in [5.41, 5.74) is 10.3. The van der Waals surface area contributed by atoms with Gasteiger partial charge in [0, 0.05) is 62.2 Å². The third kappa shape index (κ3) is 2.89. The Morgan fingerprint density at radius 1 is 0.425 bits per heavy atom. The highest BCUT2D eigenvalue weighted by Gasteiger charge is 2.16. The fraction of sp³-hybridized carbons (Fsp3) is 0.0270. The van der Waals surface area contributed by atoms with Crippen LogP contribution in [-0.2, 0) is 7.05 Å². The molecule has 3 heterocycles. The number of nitrogens with zero attached hydrogens (tertiary/aromatic N) is 2. The zero-order valence-electron chi connectivity index (χ0n) is 21.9. The summed E-state index contributed by atoms with van der Waals surface area (Å²) in [6, 6.07) is 45.8. The quantitative estimate of drug-likeness (QED) is 0.226. The molecule has 0 amide bonds. The van der Waals surface area contributed by atoms with Gasteiger partial charge in [-0.15, -0.1) is 0 Å². The number of hydrogen-bond donors (Lipinski definition) is 0. The highest BCUT2D eigenvalue weighted by Crippen LogP contribution is 2.38. The van der Waals surface area contributed by atoms with Crippen LogP contribution in [0.1, 0.15) is 0 Å². The van der Waals surface area contributed by atoms with Gasteiger partial charge in [-0.05, 0) is 65.7 Å². The lowest BCUT2D eigenvalue weighted by Gasteiger charge is -2.09. The minimum absolute atomic E-state index is 0.907. The number of benzene rings is 6. The van der Waals surface area contributed by atoms with Crippen molar-refractivity contribution >= 4 is 65.6 Å². The van der Waals surface area contributed by atoms with Crippen LogP contribution in [0.4, 0.5) is 0 Å². The second kappa shape index (κ2) is 7.87. The van der Waals surface area contributed by atoms with E-state index in [1.165, 1.54) is 54.7 Å². The van der Waals surface area contributed by atoms with Crippen molar-refractivity contribution in [2.45, 2.75) is 0 Å². The molecule has 188 valence electrons. The third-order valence-corrected chi connectivity index (χ3v) is 8.54. The van der Waals surface area contributed by atoms with Crippen LogP contribution in [-0.4, -0.2) is 9.13 Å². The molecule has 0 unspecified atom stereocenters. The second-order valence-electron chi connectivity index (χ2n) is 10.7. The van der Waals surface area contributed by atoms with Gasteiger partial charge in [0.1, 0.15) is 11.2 Å². The Morgan fingerprint density at radius 3 is 1.77 bits per heavy atom. The largest absolute Gasteiger partial charge is 0.456 e. The SMILES string of the molecule is Cn1c2ccccc2c2cc(-c3ccc4c(c3)c3ccccc3n4-c3ccc4c(c3)oc3ccccc34)ccc21. The van der Waals surface area contributed by atoms with Gasteiger partial charge in [0.15, 0.2) is 0 Å². The van der Waals surface area contributed by atoms with Crippen LogP contribution >= 0.6 is 0 Å². The van der Waals surface area contributed by atoms with E-state index < -0.39 is 0 Å². The van der Waals surface area contributed by atoms with E-state index in [0.29, 0.717) is 0 Å². The van der Waals surface area contributed by atoms with Crippen LogP contribution in [0.5, 0.6) is 0 Å². The van der Waals surface area contributed by atoms with Crippen LogP contribution in [0.25, 0.3) is 82.4 Å². The van der Waals surface area contributed by atoms with Gasteiger partial charge in [-0.3, -0.25) is 0 Å². The van der Waals surface area contributed by atoms with Crippen LogP contribution in [0.3, 0.4) is 0 Å². The summed E-state index contributed by atoms with van der Waals surface area (Å²) in [5, 5.41) is 7.37. The molecule has 3 aromatic heterocycles. The van der Waals surface area contributed by atoms with Crippen LogP contribution in [0.15, 0.2) is 132 Å². The van der Waals surface area contributed by atoms with E-state index in [9.17, 15) is 0 Å². The van der Waals surface area contributed by atoms with Gasteiger partial charge in [0.05, 0.1) is 11.0 Å². The summed E-state index contributed by atoms with van der Waals surface area (Å²) < 4.78 is 10.9. The van der Waals surface area contributed by atoms with Crippen molar-refractivity contribution in [3.05, 3.63) is 127 Å².